The SMILES string of the molecule is CN(C)CCOCCNCc1cncn1C. The monoisotopic (exact) mass is 226 g/mol. The Balaban J connectivity index is 1.94. The fourth-order valence-electron chi connectivity index (χ4n) is 1.26. The molecular weight excluding hydrogens is 204 g/mol. The van der Waals surface area contributed by atoms with E-state index in [1.54, 1.807) is 0 Å². The molecule has 1 heterocycles. The maximum Gasteiger partial charge on any atom is 0.0945 e. The van der Waals surface area contributed by atoms with Gasteiger partial charge in [0.15, 0.2) is 0 Å². The minimum atomic E-state index is 0.756. The van der Waals surface area contributed by atoms with Gasteiger partial charge in [0.1, 0.15) is 0 Å². The van der Waals surface area contributed by atoms with Crippen LogP contribution in [0, 0.1) is 0 Å². The van der Waals surface area contributed by atoms with E-state index in [1.165, 1.54) is 5.69 Å². The van der Waals surface area contributed by atoms with E-state index in [2.05, 4.69) is 15.2 Å². The molecule has 0 saturated carbocycles. The fourth-order valence-corrected chi connectivity index (χ4v) is 1.26. The van der Waals surface area contributed by atoms with Gasteiger partial charge in [-0.25, -0.2) is 4.98 Å². The summed E-state index contributed by atoms with van der Waals surface area (Å²) in [4.78, 5) is 6.17. The summed E-state index contributed by atoms with van der Waals surface area (Å²) < 4.78 is 7.48. The number of hydrogen-bond acceptors (Lipinski definition) is 4. The largest absolute Gasteiger partial charge is 0.379 e. The van der Waals surface area contributed by atoms with E-state index >= 15 is 0 Å². The van der Waals surface area contributed by atoms with Gasteiger partial charge < -0.3 is 19.5 Å². The Labute approximate surface area is 97.4 Å². The van der Waals surface area contributed by atoms with E-state index in [4.69, 9.17) is 4.74 Å². The summed E-state index contributed by atoms with van der Waals surface area (Å²) in [6, 6.07) is 0. The van der Waals surface area contributed by atoms with Crippen molar-refractivity contribution < 1.29 is 4.74 Å². The lowest BCUT2D eigenvalue weighted by molar-refractivity contribution is 0.119. The summed E-state index contributed by atoms with van der Waals surface area (Å²) in [5.41, 5.74) is 1.19. The molecular formula is C11H22N4O. The Morgan fingerprint density at radius 3 is 2.88 bits per heavy atom. The van der Waals surface area contributed by atoms with Crippen molar-refractivity contribution in [2.24, 2.45) is 7.05 Å². The topological polar surface area (TPSA) is 42.3 Å². The van der Waals surface area contributed by atoms with Crippen LogP contribution in [0.1, 0.15) is 5.69 Å². The number of nitrogens with zero attached hydrogens (tertiary/aromatic N) is 3. The van der Waals surface area contributed by atoms with Gasteiger partial charge in [0.05, 0.1) is 25.2 Å². The van der Waals surface area contributed by atoms with Crippen molar-refractivity contribution in [1.29, 1.82) is 0 Å². The van der Waals surface area contributed by atoms with Gasteiger partial charge in [-0.2, -0.15) is 0 Å². The highest BCUT2D eigenvalue weighted by atomic mass is 16.5. The lowest BCUT2D eigenvalue weighted by Gasteiger charge is -2.10. The Bertz CT molecular complexity index is 285. The quantitative estimate of drug-likeness (QED) is 0.638. The second-order valence-electron chi connectivity index (χ2n) is 4.09. The minimum absolute atomic E-state index is 0.756. The van der Waals surface area contributed by atoms with Crippen molar-refractivity contribution in [3.05, 3.63) is 18.2 Å². The molecule has 16 heavy (non-hydrogen) atoms. The Morgan fingerprint density at radius 2 is 2.25 bits per heavy atom. The van der Waals surface area contributed by atoms with E-state index in [0.717, 1.165) is 32.8 Å². The highest BCUT2D eigenvalue weighted by molar-refractivity contribution is 4.96. The molecule has 0 aliphatic rings. The van der Waals surface area contributed by atoms with Gasteiger partial charge in [0.25, 0.3) is 0 Å². The zero-order valence-corrected chi connectivity index (χ0v) is 10.4. The molecule has 0 spiro atoms. The molecule has 0 fully saturated rings. The van der Waals surface area contributed by atoms with E-state index in [0.29, 0.717) is 0 Å². The van der Waals surface area contributed by atoms with Crippen LogP contribution in [-0.2, 0) is 18.3 Å². The third-order valence-electron chi connectivity index (χ3n) is 2.33. The first-order valence-corrected chi connectivity index (χ1v) is 5.58. The van der Waals surface area contributed by atoms with Gasteiger partial charge in [0, 0.05) is 32.9 Å². The van der Waals surface area contributed by atoms with Crippen LogP contribution in [0.2, 0.25) is 0 Å². The van der Waals surface area contributed by atoms with Crippen LogP contribution < -0.4 is 5.32 Å². The molecule has 0 atom stereocenters. The number of hydrogen-bond donors (Lipinski definition) is 1. The smallest absolute Gasteiger partial charge is 0.0945 e. The van der Waals surface area contributed by atoms with Gasteiger partial charge in [-0.3, -0.25) is 0 Å². The number of imidazole rings is 1. The van der Waals surface area contributed by atoms with Crippen LogP contribution in [0.4, 0.5) is 0 Å². The van der Waals surface area contributed by atoms with E-state index in [-0.39, 0.29) is 0 Å². The molecule has 0 amide bonds. The zero-order chi connectivity index (χ0) is 11.8. The van der Waals surface area contributed by atoms with E-state index < -0.39 is 0 Å². The van der Waals surface area contributed by atoms with Crippen LogP contribution in [0.3, 0.4) is 0 Å². The van der Waals surface area contributed by atoms with Crippen molar-refractivity contribution >= 4 is 0 Å². The molecule has 92 valence electrons. The van der Waals surface area contributed by atoms with Crippen molar-refractivity contribution in [3.8, 4) is 0 Å². The molecule has 0 bridgehead atoms. The maximum atomic E-state index is 5.47. The average Bonchev–Trinajstić information content (AvgIpc) is 2.62. The molecule has 0 aliphatic carbocycles. The van der Waals surface area contributed by atoms with Gasteiger partial charge in [-0.05, 0) is 14.1 Å². The molecule has 0 saturated heterocycles. The van der Waals surface area contributed by atoms with Gasteiger partial charge in [0.2, 0.25) is 0 Å². The Hall–Kier alpha value is -0.910. The van der Waals surface area contributed by atoms with Crippen LogP contribution >= 0.6 is 0 Å². The highest BCUT2D eigenvalue weighted by Crippen LogP contribution is 1.94. The maximum absolute atomic E-state index is 5.47. The lowest BCUT2D eigenvalue weighted by atomic mass is 10.4. The number of aromatic nitrogens is 2. The normalized spacial score (nSPS) is 11.2. The molecule has 1 N–H and O–H groups in total. The predicted octanol–water partition coefficient (Wildman–Crippen LogP) is 0.0879. The Kier molecular flexibility index (Phi) is 6.07. The molecule has 1 aromatic rings. The molecule has 0 unspecified atom stereocenters. The van der Waals surface area contributed by atoms with Crippen LogP contribution in [0.25, 0.3) is 0 Å². The number of nitrogens with one attached hydrogen (secondary N) is 1. The standard InChI is InChI=1S/C11H22N4O/c1-14(2)5-7-16-6-4-12-8-11-9-13-10-15(11)3/h9-10,12H,4-8H2,1-3H3. The highest BCUT2D eigenvalue weighted by Gasteiger charge is 1.96. The van der Waals surface area contributed by atoms with Crippen LogP contribution in [-0.4, -0.2) is 54.8 Å². The summed E-state index contributed by atoms with van der Waals surface area (Å²) in [5.74, 6) is 0. The van der Waals surface area contributed by atoms with Crippen molar-refractivity contribution in [2.75, 3.05) is 40.4 Å². The molecule has 1 rings (SSSR count). The summed E-state index contributed by atoms with van der Waals surface area (Å²) in [6.07, 6.45) is 3.69. The summed E-state index contributed by atoms with van der Waals surface area (Å²) in [5, 5.41) is 3.32. The molecule has 1 aromatic heterocycles. The third-order valence-corrected chi connectivity index (χ3v) is 2.33. The fraction of sp³-hybridized carbons (Fsp3) is 0.727. The summed E-state index contributed by atoms with van der Waals surface area (Å²) in [7, 11) is 6.09. The number of aryl methyl sites for hydroxylation is 1. The van der Waals surface area contributed by atoms with Crippen molar-refractivity contribution in [3.63, 3.8) is 0 Å². The van der Waals surface area contributed by atoms with E-state index in [9.17, 15) is 0 Å². The first kappa shape index (κ1) is 13.2. The van der Waals surface area contributed by atoms with Crippen molar-refractivity contribution in [1.82, 2.24) is 19.8 Å². The molecule has 0 aromatic carbocycles. The summed E-state index contributed by atoms with van der Waals surface area (Å²) in [6.45, 7) is 4.24. The predicted molar refractivity (Wildman–Crippen MR) is 64.3 cm³/mol. The van der Waals surface area contributed by atoms with Gasteiger partial charge in [-0.15, -0.1) is 0 Å². The van der Waals surface area contributed by atoms with Crippen LogP contribution in [0.5, 0.6) is 0 Å². The second-order valence-corrected chi connectivity index (χ2v) is 4.09. The molecule has 5 heteroatoms. The number of ether oxygens (including phenoxy) is 1. The zero-order valence-electron chi connectivity index (χ0n) is 10.4. The molecule has 5 nitrogen and oxygen atoms in total. The van der Waals surface area contributed by atoms with Gasteiger partial charge >= 0.3 is 0 Å². The number of rotatable bonds is 8. The van der Waals surface area contributed by atoms with E-state index in [1.807, 2.05) is 38.2 Å². The van der Waals surface area contributed by atoms with Crippen molar-refractivity contribution in [2.45, 2.75) is 6.54 Å². The molecule has 0 radical (unpaired) electrons. The summed E-state index contributed by atoms with van der Waals surface area (Å²) >= 11 is 0. The molecule has 0 aliphatic heterocycles. The number of likely N-dealkylation sites (N-methyl/N-ethyl adjacent to an activating group) is 1. The first-order chi connectivity index (χ1) is 7.70. The van der Waals surface area contributed by atoms with Gasteiger partial charge in [-0.1, -0.05) is 0 Å². The lowest BCUT2D eigenvalue weighted by Crippen LogP contribution is -2.23. The first-order valence-electron chi connectivity index (χ1n) is 5.58. The average molecular weight is 226 g/mol. The second kappa shape index (κ2) is 7.38. The minimum Gasteiger partial charge on any atom is -0.379 e. The Morgan fingerprint density at radius 1 is 1.44 bits per heavy atom. The van der Waals surface area contributed by atoms with Crippen LogP contribution in [0.15, 0.2) is 12.5 Å². The third kappa shape index (κ3) is 5.25.